The molecule has 0 aromatic heterocycles. The van der Waals surface area contributed by atoms with Gasteiger partial charge < -0.3 is 0 Å². The lowest BCUT2D eigenvalue weighted by Crippen LogP contribution is -1.95. The predicted octanol–water partition coefficient (Wildman–Crippen LogP) is 6.21. The highest BCUT2D eigenvalue weighted by atomic mass is 19.1. The molecule has 198 valence electrons. The fraction of sp³-hybridized carbons (Fsp3) is 0. The SMILES string of the molecule is N#CC(C#N)=C1C(c2ccc(C3=C(C#N)c4cc(C#N)c(F)cc4C3=C(C#N)C#N)cc2)=C(C#N)c2cc(C#N)c(F)cc21. The van der Waals surface area contributed by atoms with E-state index in [9.17, 15) is 50.9 Å². The van der Waals surface area contributed by atoms with Gasteiger partial charge in [-0.3, -0.25) is 0 Å². The summed E-state index contributed by atoms with van der Waals surface area (Å²) in [5.41, 5.74) is -0.0698. The first-order valence-corrected chi connectivity index (χ1v) is 12.3. The molecule has 0 radical (unpaired) electrons. The van der Waals surface area contributed by atoms with Crippen LogP contribution in [0.2, 0.25) is 0 Å². The largest absolute Gasteiger partial charge is 0.206 e. The number of hydrogen-bond donors (Lipinski definition) is 0. The fourth-order valence-corrected chi connectivity index (χ4v) is 5.34. The lowest BCUT2D eigenvalue weighted by Gasteiger charge is -2.12. The van der Waals surface area contributed by atoms with Crippen LogP contribution < -0.4 is 0 Å². The number of nitrogens with zero attached hydrogens (tertiary/aromatic N) is 8. The molecule has 0 saturated carbocycles. The number of halogens is 2. The Hall–Kier alpha value is -7.60. The molecular weight excluding hydrogens is 558 g/mol. The quantitative estimate of drug-likeness (QED) is 0.327. The molecule has 0 amide bonds. The maximum absolute atomic E-state index is 14.7. The number of fused-ring (bicyclic) bond motifs is 2. The van der Waals surface area contributed by atoms with Crippen molar-refractivity contribution in [3.63, 3.8) is 0 Å². The molecule has 3 aromatic carbocycles. The second-order valence-corrected chi connectivity index (χ2v) is 9.23. The summed E-state index contributed by atoms with van der Waals surface area (Å²) in [5.74, 6) is -1.79. The predicted molar refractivity (Wildman–Crippen MR) is 150 cm³/mol. The average Bonchev–Trinajstić information content (AvgIpc) is 3.53. The lowest BCUT2D eigenvalue weighted by atomic mass is 9.89. The van der Waals surface area contributed by atoms with Gasteiger partial charge in [-0.1, -0.05) is 24.3 Å². The molecule has 3 aromatic rings. The van der Waals surface area contributed by atoms with E-state index in [1.807, 2.05) is 12.1 Å². The zero-order valence-electron chi connectivity index (χ0n) is 22.0. The third-order valence-corrected chi connectivity index (χ3v) is 7.17. The first kappa shape index (κ1) is 27.9. The van der Waals surface area contributed by atoms with Gasteiger partial charge in [-0.15, -0.1) is 0 Å². The van der Waals surface area contributed by atoms with Crippen molar-refractivity contribution in [3.8, 4) is 48.6 Å². The molecule has 0 spiro atoms. The standard InChI is InChI=1S/C34H8F2N8/c35-29-7-25-23(5-19(29)9-37)27(15-43)31(33(25)21(11-39)12-40)17-1-2-18(4-3-17)32-28(16-44)24-6-20(10-38)30(36)8-26(24)34(32)22(13-41)14-42/h1-8H. The molecule has 10 heteroatoms. The Kier molecular flexibility index (Phi) is 6.83. The van der Waals surface area contributed by atoms with Gasteiger partial charge in [-0.2, -0.15) is 42.1 Å². The number of allylic oxidation sites excluding steroid dienone is 8. The van der Waals surface area contributed by atoms with Crippen molar-refractivity contribution in [1.29, 1.82) is 42.1 Å². The van der Waals surface area contributed by atoms with Crippen LogP contribution in [0.4, 0.5) is 8.78 Å². The summed E-state index contributed by atoms with van der Waals surface area (Å²) < 4.78 is 29.3. The van der Waals surface area contributed by atoms with Gasteiger partial charge in [-0.25, -0.2) is 8.78 Å². The Morgan fingerprint density at radius 1 is 0.455 bits per heavy atom. The molecule has 0 aliphatic heterocycles. The van der Waals surface area contributed by atoms with Crippen LogP contribution in [-0.2, 0) is 0 Å². The highest BCUT2D eigenvalue weighted by molar-refractivity contribution is 6.27. The van der Waals surface area contributed by atoms with Crippen LogP contribution in [-0.4, -0.2) is 0 Å². The van der Waals surface area contributed by atoms with Gasteiger partial charge in [0.2, 0.25) is 0 Å². The van der Waals surface area contributed by atoms with Crippen LogP contribution >= 0.6 is 0 Å². The first-order chi connectivity index (χ1) is 21.3. The molecule has 0 N–H and O–H groups in total. The van der Waals surface area contributed by atoms with E-state index < -0.39 is 22.8 Å². The minimum absolute atomic E-state index is 0.000712. The topological polar surface area (TPSA) is 190 Å². The molecule has 0 fully saturated rings. The van der Waals surface area contributed by atoms with E-state index in [0.29, 0.717) is 11.1 Å². The minimum Gasteiger partial charge on any atom is -0.206 e. The number of benzene rings is 3. The molecule has 0 saturated heterocycles. The highest BCUT2D eigenvalue weighted by Gasteiger charge is 2.34. The summed E-state index contributed by atoms with van der Waals surface area (Å²) in [5, 5.41) is 77.6. The van der Waals surface area contributed by atoms with Crippen LogP contribution in [0.1, 0.15) is 44.5 Å². The maximum Gasteiger partial charge on any atom is 0.141 e. The Morgan fingerprint density at radius 2 is 0.795 bits per heavy atom. The average molecular weight is 566 g/mol. The van der Waals surface area contributed by atoms with Crippen molar-refractivity contribution in [1.82, 2.24) is 0 Å². The van der Waals surface area contributed by atoms with E-state index in [1.54, 1.807) is 36.4 Å². The molecular formula is C34H8F2N8. The van der Waals surface area contributed by atoms with Gasteiger partial charge in [0.1, 0.15) is 71.3 Å². The fourth-order valence-electron chi connectivity index (χ4n) is 5.34. The van der Waals surface area contributed by atoms with Crippen molar-refractivity contribution in [2.45, 2.75) is 0 Å². The number of hydrogen-bond acceptors (Lipinski definition) is 8. The van der Waals surface area contributed by atoms with E-state index in [2.05, 4.69) is 0 Å². The van der Waals surface area contributed by atoms with Crippen LogP contribution in [0, 0.1) is 102 Å². The van der Waals surface area contributed by atoms with E-state index >= 15 is 0 Å². The second kappa shape index (κ2) is 10.8. The number of rotatable bonds is 2. The molecule has 2 aliphatic rings. The summed E-state index contributed by atoms with van der Waals surface area (Å²) >= 11 is 0. The molecule has 0 heterocycles. The Labute approximate surface area is 248 Å². The monoisotopic (exact) mass is 566 g/mol. The Balaban J connectivity index is 1.78. The zero-order chi connectivity index (χ0) is 31.7. The van der Waals surface area contributed by atoms with Crippen LogP contribution in [0.25, 0.3) is 33.4 Å². The van der Waals surface area contributed by atoms with Crippen LogP contribution in [0.3, 0.4) is 0 Å². The highest BCUT2D eigenvalue weighted by Crippen LogP contribution is 2.51. The third-order valence-electron chi connectivity index (χ3n) is 7.17. The molecule has 5 rings (SSSR count). The van der Waals surface area contributed by atoms with Gasteiger partial charge in [0.25, 0.3) is 0 Å². The summed E-state index contributed by atoms with van der Waals surface area (Å²) in [6.45, 7) is 0. The molecule has 0 unspecified atom stereocenters. The van der Waals surface area contributed by atoms with Crippen molar-refractivity contribution in [2.24, 2.45) is 0 Å². The summed E-state index contributed by atoms with van der Waals surface area (Å²) in [7, 11) is 0. The van der Waals surface area contributed by atoms with Crippen molar-refractivity contribution < 1.29 is 8.78 Å². The van der Waals surface area contributed by atoms with E-state index in [-0.39, 0.29) is 66.8 Å². The summed E-state index contributed by atoms with van der Waals surface area (Å²) in [4.78, 5) is 0. The van der Waals surface area contributed by atoms with Gasteiger partial charge in [0, 0.05) is 33.4 Å². The Morgan fingerprint density at radius 3 is 1.07 bits per heavy atom. The summed E-state index contributed by atoms with van der Waals surface area (Å²) in [6, 6.07) is 24.9. The minimum atomic E-state index is -0.897. The molecule has 8 nitrogen and oxygen atoms in total. The molecule has 0 atom stereocenters. The van der Waals surface area contributed by atoms with Gasteiger partial charge in [0.15, 0.2) is 0 Å². The van der Waals surface area contributed by atoms with Crippen molar-refractivity contribution >= 4 is 33.4 Å². The normalized spacial score (nSPS) is 12.3. The molecule has 2 aliphatic carbocycles. The van der Waals surface area contributed by atoms with Crippen LogP contribution in [0.15, 0.2) is 59.7 Å². The Bertz CT molecular complexity index is 2170. The molecule has 44 heavy (non-hydrogen) atoms. The van der Waals surface area contributed by atoms with Crippen molar-refractivity contribution in [3.05, 3.63) is 116 Å². The van der Waals surface area contributed by atoms with Gasteiger partial charge >= 0.3 is 0 Å². The van der Waals surface area contributed by atoms with Gasteiger partial charge in [0.05, 0.1) is 22.3 Å². The van der Waals surface area contributed by atoms with E-state index in [1.165, 1.54) is 36.4 Å². The second-order valence-electron chi connectivity index (χ2n) is 9.23. The maximum atomic E-state index is 14.7. The number of nitriles is 8. The lowest BCUT2D eigenvalue weighted by molar-refractivity contribution is 0.623. The van der Waals surface area contributed by atoms with E-state index in [0.717, 1.165) is 12.1 Å². The van der Waals surface area contributed by atoms with E-state index in [4.69, 9.17) is 0 Å². The van der Waals surface area contributed by atoms with Crippen molar-refractivity contribution in [2.75, 3.05) is 0 Å². The first-order valence-electron chi connectivity index (χ1n) is 12.3. The van der Waals surface area contributed by atoms with Crippen LogP contribution in [0.5, 0.6) is 0 Å². The van der Waals surface area contributed by atoms with Gasteiger partial charge in [-0.05, 0) is 46.5 Å². The molecule has 0 bridgehead atoms. The third kappa shape index (κ3) is 3.96. The smallest absolute Gasteiger partial charge is 0.141 e. The summed E-state index contributed by atoms with van der Waals surface area (Å²) in [6.07, 6.45) is 0. The zero-order valence-corrected chi connectivity index (χ0v) is 22.0.